The van der Waals surface area contributed by atoms with Gasteiger partial charge in [-0.05, 0) is 18.4 Å². The van der Waals surface area contributed by atoms with E-state index in [0.29, 0.717) is 22.1 Å². The normalized spacial score (nSPS) is 15.3. The molecule has 1 aliphatic heterocycles. The Morgan fingerprint density at radius 3 is 2.54 bits per heavy atom. The Kier molecular flexibility index (Phi) is 4.08. The van der Waals surface area contributed by atoms with Crippen molar-refractivity contribution in [1.82, 2.24) is 10.1 Å². The van der Waals surface area contributed by atoms with Crippen molar-refractivity contribution in [3.8, 4) is 17.1 Å². The first kappa shape index (κ1) is 16.5. The van der Waals surface area contributed by atoms with Crippen LogP contribution in [-0.4, -0.2) is 22.2 Å². The van der Waals surface area contributed by atoms with Crippen LogP contribution in [0.25, 0.3) is 11.3 Å². The molecule has 0 saturated carbocycles. The number of aromatic nitrogens is 3. The summed E-state index contributed by atoms with van der Waals surface area (Å²) in [6, 6.07) is 16.9. The fraction of sp³-hybridized carbons (Fsp3) is 0.158. The molecule has 0 N–H and O–H groups in total. The van der Waals surface area contributed by atoms with Gasteiger partial charge in [0.15, 0.2) is 0 Å². The Labute approximate surface area is 155 Å². The van der Waals surface area contributed by atoms with Gasteiger partial charge in [0.1, 0.15) is 0 Å². The number of nitrogens with zero attached hydrogens (tertiary/aromatic N) is 4. The maximum Gasteiger partial charge on any atom is 0.293 e. The second kappa shape index (κ2) is 6.42. The smallest absolute Gasteiger partial charge is 0.293 e. The van der Waals surface area contributed by atoms with E-state index in [0.717, 1.165) is 5.56 Å². The Morgan fingerprint density at radius 2 is 1.85 bits per heavy atom. The van der Waals surface area contributed by atoms with E-state index in [-0.39, 0.29) is 11.8 Å². The first-order valence-corrected chi connectivity index (χ1v) is 9.33. The van der Waals surface area contributed by atoms with E-state index in [1.165, 1.54) is 18.7 Å². The quantitative estimate of drug-likeness (QED) is 0.515. The van der Waals surface area contributed by atoms with Crippen molar-refractivity contribution in [2.75, 3.05) is 11.2 Å². The molecule has 0 aliphatic carbocycles. The van der Waals surface area contributed by atoms with Crippen LogP contribution >= 0.6 is 11.8 Å². The number of carbonyl (C=O) groups excluding carboxylic acids is 1. The van der Waals surface area contributed by atoms with Crippen molar-refractivity contribution < 1.29 is 14.6 Å². The van der Waals surface area contributed by atoms with Gasteiger partial charge in [0.05, 0.1) is 17.1 Å². The number of hydrogen-bond donors (Lipinski definition) is 0. The summed E-state index contributed by atoms with van der Waals surface area (Å²) in [6.07, 6.45) is 1.28. The van der Waals surface area contributed by atoms with Crippen LogP contribution in [0.5, 0.6) is 5.88 Å². The lowest BCUT2D eigenvalue weighted by atomic mass is 10.0. The molecule has 1 aromatic heterocycles. The molecule has 1 aliphatic rings. The molecule has 1 amide bonds. The van der Waals surface area contributed by atoms with Gasteiger partial charge in [0.25, 0.3) is 17.0 Å². The highest BCUT2D eigenvalue weighted by Crippen LogP contribution is 2.40. The summed E-state index contributed by atoms with van der Waals surface area (Å²) in [6.45, 7) is 1.52. The molecule has 130 valence electrons. The van der Waals surface area contributed by atoms with E-state index in [1.807, 2.05) is 60.9 Å². The van der Waals surface area contributed by atoms with Gasteiger partial charge in [0, 0.05) is 17.6 Å². The molecule has 7 heteroatoms. The summed E-state index contributed by atoms with van der Waals surface area (Å²) in [5, 5.41) is 17.7. The molecule has 3 aromatic rings. The molecule has 4 rings (SSSR count). The van der Waals surface area contributed by atoms with E-state index in [1.54, 1.807) is 9.58 Å². The van der Waals surface area contributed by atoms with Crippen LogP contribution in [0.2, 0.25) is 0 Å². The fourth-order valence-corrected chi connectivity index (χ4v) is 3.63. The number of benzene rings is 2. The third kappa shape index (κ3) is 2.52. The van der Waals surface area contributed by atoms with Crippen LogP contribution in [0, 0.1) is 0 Å². The number of amides is 1. The van der Waals surface area contributed by atoms with Crippen molar-refractivity contribution in [3.05, 3.63) is 60.2 Å². The lowest BCUT2D eigenvalue weighted by Gasteiger charge is -2.32. The van der Waals surface area contributed by atoms with Gasteiger partial charge in [-0.15, -0.1) is 0 Å². The topological polar surface area (TPSA) is 73.0 Å². The molecule has 0 fully saturated rings. The molecule has 0 radical (unpaired) electrons. The van der Waals surface area contributed by atoms with E-state index >= 15 is 0 Å². The number of fused-ring (bicyclic) bond motifs is 3. The van der Waals surface area contributed by atoms with Gasteiger partial charge in [-0.2, -0.15) is 0 Å². The Morgan fingerprint density at radius 1 is 1.15 bits per heavy atom. The Bertz CT molecular complexity index is 994. The maximum absolute atomic E-state index is 12.8. The second-order valence-electron chi connectivity index (χ2n) is 5.89. The van der Waals surface area contributed by atoms with Crippen LogP contribution in [-0.2, 0) is 4.79 Å². The predicted octanol–water partition coefficient (Wildman–Crippen LogP) is 2.14. The highest BCUT2D eigenvalue weighted by molar-refractivity contribution is 7.98. The van der Waals surface area contributed by atoms with Crippen LogP contribution in [0.1, 0.15) is 18.7 Å². The van der Waals surface area contributed by atoms with E-state index in [9.17, 15) is 9.90 Å². The standard InChI is InChI=1S/C19H16N4O2S/c1-12(24)22-15-11-7-6-10-14(15)16-17(25)20-19(26-2)21-23(16)18(22)13-8-4-3-5-9-13/h3-11,18H,1-2H3. The van der Waals surface area contributed by atoms with Gasteiger partial charge >= 0.3 is 0 Å². The van der Waals surface area contributed by atoms with Crippen molar-refractivity contribution in [3.63, 3.8) is 0 Å². The molecule has 6 nitrogen and oxygen atoms in total. The molecule has 1 atom stereocenters. The Hall–Kier alpha value is -2.93. The summed E-state index contributed by atoms with van der Waals surface area (Å²) in [7, 11) is 0. The predicted molar refractivity (Wildman–Crippen MR) is 96.6 cm³/mol. The minimum Gasteiger partial charge on any atom is -0.854 e. The minimum atomic E-state index is -0.541. The van der Waals surface area contributed by atoms with Gasteiger partial charge in [-0.3, -0.25) is 4.79 Å². The van der Waals surface area contributed by atoms with E-state index < -0.39 is 6.17 Å². The second-order valence-corrected chi connectivity index (χ2v) is 6.66. The van der Waals surface area contributed by atoms with Crippen molar-refractivity contribution >= 4 is 23.4 Å². The number of thioether (sulfide) groups is 1. The third-order valence-corrected chi connectivity index (χ3v) is 4.87. The van der Waals surface area contributed by atoms with Gasteiger partial charge in [0.2, 0.25) is 5.91 Å². The lowest BCUT2D eigenvalue weighted by Crippen LogP contribution is -2.58. The summed E-state index contributed by atoms with van der Waals surface area (Å²) in [5.74, 6) is -0.470. The number of carbonyl (C=O) groups is 1. The van der Waals surface area contributed by atoms with Gasteiger partial charge < -0.3 is 5.11 Å². The molecule has 0 saturated heterocycles. The minimum absolute atomic E-state index is 0.124. The number of anilines is 1. The highest BCUT2D eigenvalue weighted by atomic mass is 32.2. The average Bonchev–Trinajstić information content (AvgIpc) is 2.66. The molecular formula is C19H16N4O2S. The molecule has 1 unspecified atom stereocenters. The first-order chi connectivity index (χ1) is 12.6. The Balaban J connectivity index is 2.08. The fourth-order valence-electron chi connectivity index (χ4n) is 3.29. The first-order valence-electron chi connectivity index (χ1n) is 8.11. The maximum atomic E-state index is 12.8. The number of para-hydroxylation sites is 1. The average molecular weight is 364 g/mol. The van der Waals surface area contributed by atoms with Crippen LogP contribution in [0.3, 0.4) is 0 Å². The number of rotatable bonds is 2. The van der Waals surface area contributed by atoms with Crippen LogP contribution < -0.4 is 14.7 Å². The van der Waals surface area contributed by atoms with Crippen molar-refractivity contribution in [2.45, 2.75) is 18.2 Å². The molecular weight excluding hydrogens is 348 g/mol. The summed E-state index contributed by atoms with van der Waals surface area (Å²) in [5.41, 5.74) is 2.61. The molecule has 2 heterocycles. The van der Waals surface area contributed by atoms with Crippen molar-refractivity contribution in [2.24, 2.45) is 0 Å². The summed E-state index contributed by atoms with van der Waals surface area (Å²) >= 11 is 1.30. The van der Waals surface area contributed by atoms with Gasteiger partial charge in [-0.25, -0.2) is 9.88 Å². The molecule has 2 aromatic carbocycles. The summed E-state index contributed by atoms with van der Waals surface area (Å²) < 4.78 is 1.63. The highest BCUT2D eigenvalue weighted by Gasteiger charge is 2.43. The summed E-state index contributed by atoms with van der Waals surface area (Å²) in [4.78, 5) is 18.3. The van der Waals surface area contributed by atoms with E-state index in [4.69, 9.17) is 0 Å². The van der Waals surface area contributed by atoms with Gasteiger partial charge in [-0.1, -0.05) is 58.9 Å². The zero-order valence-corrected chi connectivity index (χ0v) is 15.1. The lowest BCUT2D eigenvalue weighted by molar-refractivity contribution is -0.764. The zero-order valence-electron chi connectivity index (χ0n) is 14.3. The largest absolute Gasteiger partial charge is 0.854 e. The van der Waals surface area contributed by atoms with Crippen LogP contribution in [0.4, 0.5) is 5.69 Å². The monoisotopic (exact) mass is 364 g/mol. The SMILES string of the molecule is CSc1nc([O-])c2[n+](n1)C(c1ccccc1)N(C(C)=O)c1ccccc1-2. The van der Waals surface area contributed by atoms with Crippen molar-refractivity contribution in [1.29, 1.82) is 0 Å². The molecule has 26 heavy (non-hydrogen) atoms. The molecule has 0 bridgehead atoms. The number of hydrogen-bond acceptors (Lipinski definition) is 5. The van der Waals surface area contributed by atoms with Crippen LogP contribution in [0.15, 0.2) is 59.8 Å². The van der Waals surface area contributed by atoms with E-state index in [2.05, 4.69) is 10.1 Å². The zero-order chi connectivity index (χ0) is 18.3. The molecule has 0 spiro atoms. The third-order valence-electron chi connectivity index (χ3n) is 4.34.